The lowest BCUT2D eigenvalue weighted by atomic mass is 10.1. The van der Waals surface area contributed by atoms with Crippen LogP contribution in [0.5, 0.6) is 0 Å². The van der Waals surface area contributed by atoms with Crippen LogP contribution in [0.3, 0.4) is 0 Å². The van der Waals surface area contributed by atoms with Crippen LogP contribution in [0.1, 0.15) is 18.5 Å². The van der Waals surface area contributed by atoms with Gasteiger partial charge in [0.1, 0.15) is 0 Å². The molecule has 1 aliphatic rings. The summed E-state index contributed by atoms with van der Waals surface area (Å²) in [5.74, 6) is 0.414. The van der Waals surface area contributed by atoms with Crippen LogP contribution >= 0.6 is 12.4 Å². The maximum absolute atomic E-state index is 12.3. The van der Waals surface area contributed by atoms with Gasteiger partial charge in [-0.05, 0) is 24.8 Å². The van der Waals surface area contributed by atoms with Gasteiger partial charge in [0.05, 0.1) is 17.5 Å². The molecule has 1 atom stereocenters. The predicted octanol–water partition coefficient (Wildman–Crippen LogP) is 0.751. The highest BCUT2D eigenvalue weighted by Gasteiger charge is 2.31. The van der Waals surface area contributed by atoms with E-state index < -0.39 is 0 Å². The van der Waals surface area contributed by atoms with E-state index in [0.717, 1.165) is 18.2 Å². The molecule has 0 bridgehead atoms. The molecular weight excluding hydrogens is 316 g/mol. The smallest absolute Gasteiger partial charge is 0.274 e. The molecule has 1 aliphatic carbocycles. The summed E-state index contributed by atoms with van der Waals surface area (Å²) >= 11 is 0. The molecule has 1 unspecified atom stereocenters. The Morgan fingerprint density at radius 1 is 1.39 bits per heavy atom. The third kappa shape index (κ3) is 3.71. The number of aryl methyl sites for hydroxylation is 1. The van der Waals surface area contributed by atoms with Gasteiger partial charge in [-0.3, -0.25) is 9.59 Å². The Hall–Kier alpha value is -1.92. The molecule has 0 radical (unpaired) electrons. The van der Waals surface area contributed by atoms with Crippen molar-refractivity contribution in [1.29, 1.82) is 0 Å². The van der Waals surface area contributed by atoms with Gasteiger partial charge in [0.2, 0.25) is 5.91 Å². The number of aromatic nitrogens is 2. The van der Waals surface area contributed by atoms with Gasteiger partial charge in [0.25, 0.3) is 5.56 Å². The van der Waals surface area contributed by atoms with Crippen LogP contribution in [0.15, 0.2) is 29.1 Å². The number of hydrogen-bond donors (Lipinski definition) is 2. The summed E-state index contributed by atoms with van der Waals surface area (Å²) in [5, 5.41) is 8.55. The molecule has 2 aromatic rings. The van der Waals surface area contributed by atoms with Crippen molar-refractivity contribution in [2.45, 2.75) is 25.3 Å². The van der Waals surface area contributed by atoms with Crippen molar-refractivity contribution in [3.63, 3.8) is 0 Å². The molecule has 1 saturated carbocycles. The highest BCUT2D eigenvalue weighted by atomic mass is 35.5. The van der Waals surface area contributed by atoms with E-state index in [0.29, 0.717) is 23.5 Å². The van der Waals surface area contributed by atoms with Crippen molar-refractivity contribution in [1.82, 2.24) is 15.1 Å². The van der Waals surface area contributed by atoms with Crippen molar-refractivity contribution in [2.75, 3.05) is 6.54 Å². The standard InChI is InChI=1S/C16H20N4O2.ClH/c1-20-16(22)12-5-3-2-4-11(12)13(19-20)8-15(21)18-14(9-17)10-6-7-10;/h2-5,10,14H,6-9,17H2,1H3,(H,18,21);1H. The number of carbonyl (C=O) groups is 1. The lowest BCUT2D eigenvalue weighted by Gasteiger charge is -2.16. The molecule has 1 heterocycles. The summed E-state index contributed by atoms with van der Waals surface area (Å²) < 4.78 is 1.28. The summed E-state index contributed by atoms with van der Waals surface area (Å²) in [6, 6.07) is 7.29. The van der Waals surface area contributed by atoms with Gasteiger partial charge < -0.3 is 11.1 Å². The highest BCUT2D eigenvalue weighted by Crippen LogP contribution is 2.32. The van der Waals surface area contributed by atoms with Crippen molar-refractivity contribution < 1.29 is 4.79 Å². The third-order valence-corrected chi connectivity index (χ3v) is 4.15. The molecule has 1 fully saturated rings. The molecule has 3 N–H and O–H groups in total. The van der Waals surface area contributed by atoms with E-state index in [9.17, 15) is 9.59 Å². The summed E-state index contributed by atoms with van der Waals surface area (Å²) in [6.07, 6.45) is 2.41. The Kier molecular flexibility index (Phi) is 5.38. The summed E-state index contributed by atoms with van der Waals surface area (Å²) in [7, 11) is 1.60. The number of nitrogens with two attached hydrogens (primary N) is 1. The van der Waals surface area contributed by atoms with E-state index >= 15 is 0 Å². The van der Waals surface area contributed by atoms with E-state index in [4.69, 9.17) is 5.73 Å². The van der Waals surface area contributed by atoms with Crippen LogP contribution in [0.2, 0.25) is 0 Å². The monoisotopic (exact) mass is 336 g/mol. The number of nitrogens with one attached hydrogen (secondary N) is 1. The van der Waals surface area contributed by atoms with Crippen LogP contribution in [-0.4, -0.2) is 28.3 Å². The maximum Gasteiger partial charge on any atom is 0.274 e. The summed E-state index contributed by atoms with van der Waals surface area (Å²) in [5.41, 5.74) is 6.17. The van der Waals surface area contributed by atoms with Crippen molar-refractivity contribution in [3.8, 4) is 0 Å². The Labute approximate surface area is 140 Å². The van der Waals surface area contributed by atoms with Crippen LogP contribution in [0, 0.1) is 5.92 Å². The topological polar surface area (TPSA) is 90.0 Å². The number of halogens is 1. The predicted molar refractivity (Wildman–Crippen MR) is 91.6 cm³/mol. The second-order valence-corrected chi connectivity index (χ2v) is 5.84. The minimum atomic E-state index is -0.155. The normalized spacial score (nSPS) is 15.0. The zero-order chi connectivity index (χ0) is 15.7. The second-order valence-electron chi connectivity index (χ2n) is 5.84. The van der Waals surface area contributed by atoms with E-state index in [2.05, 4.69) is 10.4 Å². The van der Waals surface area contributed by atoms with E-state index in [1.54, 1.807) is 13.1 Å². The second kappa shape index (κ2) is 7.10. The average Bonchev–Trinajstić information content (AvgIpc) is 3.35. The molecule has 3 rings (SSSR count). The van der Waals surface area contributed by atoms with Gasteiger partial charge in [-0.25, -0.2) is 4.68 Å². The first-order chi connectivity index (χ1) is 10.6. The van der Waals surface area contributed by atoms with Gasteiger partial charge >= 0.3 is 0 Å². The molecule has 1 amide bonds. The molecular formula is C16H21ClN4O2. The number of carbonyl (C=O) groups excluding carboxylic acids is 1. The quantitative estimate of drug-likeness (QED) is 0.843. The fourth-order valence-electron chi connectivity index (χ4n) is 2.78. The summed E-state index contributed by atoms with van der Waals surface area (Å²) in [6.45, 7) is 0.456. The number of rotatable bonds is 5. The zero-order valence-electron chi connectivity index (χ0n) is 13.0. The fourth-order valence-corrected chi connectivity index (χ4v) is 2.78. The molecule has 0 spiro atoms. The Morgan fingerprint density at radius 2 is 2.04 bits per heavy atom. The van der Waals surface area contributed by atoms with E-state index in [-0.39, 0.29) is 36.3 Å². The van der Waals surface area contributed by atoms with Crippen molar-refractivity contribution in [2.24, 2.45) is 18.7 Å². The molecule has 7 heteroatoms. The Morgan fingerprint density at radius 3 is 2.65 bits per heavy atom. The van der Waals surface area contributed by atoms with Crippen LogP contribution in [0.4, 0.5) is 0 Å². The lowest BCUT2D eigenvalue weighted by Crippen LogP contribution is -2.42. The van der Waals surface area contributed by atoms with Crippen molar-refractivity contribution in [3.05, 3.63) is 40.3 Å². The van der Waals surface area contributed by atoms with Gasteiger partial charge in [0, 0.05) is 25.0 Å². The molecule has 6 nitrogen and oxygen atoms in total. The molecule has 23 heavy (non-hydrogen) atoms. The van der Waals surface area contributed by atoms with Crippen molar-refractivity contribution >= 4 is 29.1 Å². The summed E-state index contributed by atoms with van der Waals surface area (Å²) in [4.78, 5) is 24.3. The van der Waals surface area contributed by atoms with Crippen LogP contribution < -0.4 is 16.6 Å². The minimum absolute atomic E-state index is 0. The average molecular weight is 337 g/mol. The molecule has 1 aromatic heterocycles. The SMILES string of the molecule is Cl.Cn1nc(CC(=O)NC(CN)C2CC2)c2ccccc2c1=O. The Bertz CT molecular complexity index is 770. The maximum atomic E-state index is 12.3. The van der Waals surface area contributed by atoms with Crippen LogP contribution in [0.25, 0.3) is 10.8 Å². The molecule has 124 valence electrons. The minimum Gasteiger partial charge on any atom is -0.351 e. The molecule has 0 saturated heterocycles. The number of hydrogen-bond acceptors (Lipinski definition) is 4. The van der Waals surface area contributed by atoms with E-state index in [1.165, 1.54) is 4.68 Å². The van der Waals surface area contributed by atoms with Gasteiger partial charge in [-0.15, -0.1) is 12.4 Å². The van der Waals surface area contributed by atoms with Gasteiger partial charge in [-0.1, -0.05) is 18.2 Å². The van der Waals surface area contributed by atoms with Gasteiger partial charge in [0.15, 0.2) is 0 Å². The highest BCUT2D eigenvalue weighted by molar-refractivity contribution is 5.88. The first-order valence-electron chi connectivity index (χ1n) is 7.54. The number of amides is 1. The van der Waals surface area contributed by atoms with Gasteiger partial charge in [-0.2, -0.15) is 5.10 Å². The number of fused-ring (bicyclic) bond motifs is 1. The first-order valence-corrected chi connectivity index (χ1v) is 7.54. The molecule has 1 aromatic carbocycles. The number of nitrogens with zero attached hydrogens (tertiary/aromatic N) is 2. The fraction of sp³-hybridized carbons (Fsp3) is 0.438. The van der Waals surface area contributed by atoms with Crippen LogP contribution in [-0.2, 0) is 18.3 Å². The Balaban J connectivity index is 0.00000192. The third-order valence-electron chi connectivity index (χ3n) is 4.15. The largest absolute Gasteiger partial charge is 0.351 e. The van der Waals surface area contributed by atoms with E-state index in [1.807, 2.05) is 18.2 Å². The zero-order valence-corrected chi connectivity index (χ0v) is 13.8. The first kappa shape index (κ1) is 17.4. The molecule has 0 aliphatic heterocycles. The number of benzene rings is 1. The lowest BCUT2D eigenvalue weighted by molar-refractivity contribution is -0.121.